The van der Waals surface area contributed by atoms with Gasteiger partial charge in [-0.25, -0.2) is 48.3 Å². The zero-order valence-electron chi connectivity index (χ0n) is 85.0. The number of imide groups is 3. The number of nitrogens with one attached hydrogen (secondary N) is 4. The van der Waals surface area contributed by atoms with Gasteiger partial charge in [0.25, 0.3) is 5.91 Å². The molecule has 0 aliphatic carbocycles. The second-order valence-electron chi connectivity index (χ2n) is 38.5. The molecule has 4 aliphatic rings. The molecule has 7 aromatic rings. The molecule has 0 aromatic heterocycles. The molecule has 10 amide bonds. The van der Waals surface area contributed by atoms with Gasteiger partial charge in [-0.2, -0.15) is 0 Å². The summed E-state index contributed by atoms with van der Waals surface area (Å²) in [6.07, 6.45) is -0.549. The number of benzene rings is 7. The molecule has 6 radical (unpaired) electrons. The summed E-state index contributed by atoms with van der Waals surface area (Å²) in [5, 5.41) is 39.5. The fraction of sp³-hybridized carbons (Fsp3) is 0.482. The third kappa shape index (κ3) is 46.1. The number of aliphatic carboxylic acids is 3. The van der Waals surface area contributed by atoms with Crippen molar-refractivity contribution in [3.8, 4) is 0 Å². The van der Waals surface area contributed by atoms with E-state index in [0.29, 0.717) is 19.1 Å². The smallest absolute Gasteiger partial charge is 0.417 e. The molecular formula is C112H166B3IN10O22. The monoisotopic (exact) mass is 2160 g/mol. The Kier molecular flexibility index (Phi) is 68.0. The Morgan fingerprint density at radius 3 is 0.959 bits per heavy atom. The number of alkyl carbamates (subject to hydrolysis) is 1. The quantitative estimate of drug-likeness (QED) is 0.00367. The number of carboxylic acids is 3. The number of methoxy groups -OCH3 is 1. The van der Waals surface area contributed by atoms with E-state index in [9.17, 15) is 67.1 Å². The van der Waals surface area contributed by atoms with Crippen molar-refractivity contribution >= 4 is 131 Å². The third-order valence-electron chi connectivity index (χ3n) is 23.8. The highest BCUT2D eigenvalue weighted by Gasteiger charge is 2.50. The Morgan fingerprint density at radius 2 is 0.696 bits per heavy atom. The average molecular weight is 2160 g/mol. The van der Waals surface area contributed by atoms with Gasteiger partial charge in [0.2, 0.25) is 35.4 Å². The molecule has 7 N–H and O–H groups in total. The van der Waals surface area contributed by atoms with Gasteiger partial charge in [0, 0.05) is 44.5 Å². The summed E-state index contributed by atoms with van der Waals surface area (Å²) in [6, 6.07) is 64.1. The first-order chi connectivity index (χ1) is 65.4. The molecule has 148 heavy (non-hydrogen) atoms. The first-order valence-corrected chi connectivity index (χ1v) is 45.8. The molecule has 0 spiro atoms. The number of carbonyl (C=O) groups is 14. The summed E-state index contributed by atoms with van der Waals surface area (Å²) in [4.78, 5) is 168. The number of ether oxygens (including phenoxy) is 5. The summed E-state index contributed by atoms with van der Waals surface area (Å²) < 4.78 is 24.5. The number of esters is 1. The van der Waals surface area contributed by atoms with Crippen LogP contribution in [0.5, 0.6) is 0 Å². The van der Waals surface area contributed by atoms with Gasteiger partial charge in [0.15, 0.2) is 17.4 Å². The number of rotatable bonds is 27. The Morgan fingerprint density at radius 1 is 0.419 bits per heavy atom. The van der Waals surface area contributed by atoms with Gasteiger partial charge in [-0.05, 0) is 81.8 Å². The molecular weight excluding hydrogens is 2000 g/mol. The van der Waals surface area contributed by atoms with Crippen molar-refractivity contribution < 1.29 is 106 Å². The molecule has 4 heterocycles. The van der Waals surface area contributed by atoms with Gasteiger partial charge < -0.3 is 60.3 Å². The van der Waals surface area contributed by atoms with E-state index in [1.54, 1.807) is 27.7 Å². The maximum Gasteiger partial charge on any atom is 0.417 e. The van der Waals surface area contributed by atoms with E-state index in [2.05, 4.69) is 49.9 Å². The Balaban J connectivity index is -0.000000391. The largest absolute Gasteiger partial charge is 0.481 e. The van der Waals surface area contributed by atoms with Crippen molar-refractivity contribution in [3.63, 3.8) is 0 Å². The van der Waals surface area contributed by atoms with E-state index >= 15 is 0 Å². The van der Waals surface area contributed by atoms with Crippen LogP contribution in [0, 0.1) is 23.7 Å². The number of amides is 10. The lowest BCUT2D eigenvalue weighted by Crippen LogP contribution is -2.59. The molecule has 4 fully saturated rings. The van der Waals surface area contributed by atoms with Crippen molar-refractivity contribution in [2.24, 2.45) is 28.8 Å². The number of nitrogens with zero attached hydrogens (tertiary/aromatic N) is 6. The Bertz CT molecular complexity index is 5240. The topological polar surface area (TPSA) is 452 Å². The summed E-state index contributed by atoms with van der Waals surface area (Å²) in [5.41, 5.74) is 11.8. The van der Waals surface area contributed by atoms with Gasteiger partial charge in [0.1, 0.15) is 50.6 Å². The first kappa shape index (κ1) is 146. The second kappa shape index (κ2) is 69.2. The van der Waals surface area contributed by atoms with Gasteiger partial charge in [-0.15, -0.1) is 24.0 Å². The van der Waals surface area contributed by atoms with Crippen LogP contribution in [0.15, 0.2) is 235 Å². The number of azide groups is 1. The minimum atomic E-state index is -1.11. The van der Waals surface area contributed by atoms with Gasteiger partial charge in [-0.3, -0.25) is 33.6 Å². The number of hydrogen-bond donors (Lipinski definition) is 7. The minimum absolute atomic E-state index is 0. The van der Waals surface area contributed by atoms with Crippen molar-refractivity contribution in [3.05, 3.63) is 274 Å². The van der Waals surface area contributed by atoms with Crippen molar-refractivity contribution in [2.75, 3.05) is 33.5 Å². The zero-order valence-corrected chi connectivity index (χ0v) is 87.3. The van der Waals surface area contributed by atoms with Gasteiger partial charge in [0.05, 0.1) is 37.7 Å². The average Bonchev–Trinajstić information content (AvgIpc) is 1.55. The second-order valence-corrected chi connectivity index (χ2v) is 38.5. The van der Waals surface area contributed by atoms with Crippen LogP contribution in [0.2, 0.25) is 0 Å². The molecule has 812 valence electrons. The van der Waals surface area contributed by atoms with Crippen LogP contribution < -0.4 is 21.3 Å². The number of halogens is 1. The molecule has 4 saturated heterocycles. The molecule has 0 bridgehead atoms. The van der Waals surface area contributed by atoms with Crippen molar-refractivity contribution in [2.45, 2.75) is 298 Å². The summed E-state index contributed by atoms with van der Waals surface area (Å²) >= 11 is 0. The van der Waals surface area contributed by atoms with Crippen LogP contribution in [0.25, 0.3) is 10.4 Å². The van der Waals surface area contributed by atoms with Crippen LogP contribution in [0.3, 0.4) is 0 Å². The molecule has 8 atom stereocenters. The molecule has 7 aromatic carbocycles. The van der Waals surface area contributed by atoms with E-state index in [-0.39, 0.29) is 167 Å². The molecule has 11 rings (SSSR count). The van der Waals surface area contributed by atoms with E-state index in [1.165, 1.54) is 18.1 Å². The number of allylic oxidation sites excluding steroid dienone is 1. The van der Waals surface area contributed by atoms with Crippen LogP contribution in [-0.2, 0) is 89.7 Å². The SMILES string of the molecule is C.C.C.C.C.C.C.CC(C)(CC(=O)O)c1ccccc1.CC(C)=CC(=O)O.CC(C)[C@H]1COC(=O)N1.CC(C)[C@H]1COC(=O)N1C(=O)CC(C)(C)c1ccccc1.CC(C)[C@H]1COC(=O)N1C(=O)[C@@H](N=[N+]=[N-])C(C)(C)c1ccccc1.I.[B]C(=O)N[C@H](C(=O)N1C(=O)OC[C@@H]1C(C)C)C(C)(C)c1ccccc1.[B]C(=O)N[C@H](C(=O)O)C(C)(C)c1ccccc1.[B]C(=O)N[C@H](C(=O)OC)C(C)(C)c1ccccc1.c1ccccc1. The van der Waals surface area contributed by atoms with Crippen LogP contribution in [0.1, 0.15) is 251 Å². The van der Waals surface area contributed by atoms with Crippen LogP contribution in [0.4, 0.5) is 33.6 Å². The van der Waals surface area contributed by atoms with E-state index in [1.807, 2.05) is 329 Å². The standard InChI is InChI=1S/C18H23BN2O4.C17H22N4O3.C17H23NO3.C13H16BNO3.C12H14BNO3.C11H14O2.C6H11NO2.C6H6.C5H8O2.7CH4.HI/c1-11(2)13-10-25-17(24)21(13)15(22)14(20-16(19)23)18(3,4)12-8-6-5-7-9-12;1-11(2)13-10-24-16(23)21(13)15(22)14(19-20-18)17(3,4)12-8-6-5-7-9-12;1-12(2)14-11-21-16(20)18(14)15(19)10-17(3,4)13-8-6-5-7-9-13;1-13(2,9-7-5-4-6-8-9)10(11(16)18-3)15-12(14)17;1-12(2,8-6-4-3-5-7-8)9(10(15)16)14-11(13)17;1-11(2,8-10(12)13)9-6-4-3-5-7-9;1-4(2)5-3-9-6(8)7-5;1-2-4-6-5-3-1;1-4(2)3-5(6)7;;;;;;;;/h5-9,11,13-14H,10H2,1-4H3,(H,20,23);5-9,11,13-14H,10H2,1-4H3;5-9,12,14H,10-11H2,1-4H3;4-8,10H,1-3H3,(H,15,17);3-7,9H,1-2H3,(H,14,17)(H,15,16);3-7H,8H2,1-2H3,(H,12,13);4-5H,3H2,1-2H3,(H,7,8);1-6H;3H,1-2H3,(H,6,7);7*1H4;1H/t2*13-,14-;14-;10-;9-;;5-;;;;;;;;;;/m11111.1........../s1. The van der Waals surface area contributed by atoms with Crippen LogP contribution in [-0.4, -0.2) is 219 Å². The zero-order chi connectivity index (χ0) is 106. The Labute approximate surface area is 901 Å². The highest BCUT2D eigenvalue weighted by Crippen LogP contribution is 2.37. The van der Waals surface area contributed by atoms with E-state index < -0.39 is 117 Å². The first-order valence-electron chi connectivity index (χ1n) is 45.8. The highest BCUT2D eigenvalue weighted by atomic mass is 127. The van der Waals surface area contributed by atoms with E-state index in [0.717, 1.165) is 48.8 Å². The molecule has 0 saturated carbocycles. The summed E-state index contributed by atoms with van der Waals surface area (Å²) in [6.45, 7) is 42.8. The lowest BCUT2D eigenvalue weighted by molar-refractivity contribution is -0.144. The summed E-state index contributed by atoms with van der Waals surface area (Å²) in [5.74, 6) is -6.16. The fourth-order valence-electron chi connectivity index (χ4n) is 14.9. The predicted molar refractivity (Wildman–Crippen MR) is 600 cm³/mol. The number of carboxylic acid groups (broad SMARTS) is 3. The lowest BCUT2D eigenvalue weighted by atomic mass is 9.76. The molecule has 36 heteroatoms. The molecule has 0 unspecified atom stereocenters. The summed E-state index contributed by atoms with van der Waals surface area (Å²) in [7, 11) is 16.7. The maximum atomic E-state index is 13.2. The molecule has 32 nitrogen and oxygen atoms in total. The van der Waals surface area contributed by atoms with Gasteiger partial charge >= 0.3 is 48.3 Å². The fourth-order valence-corrected chi connectivity index (χ4v) is 14.9. The highest BCUT2D eigenvalue weighted by molar-refractivity contribution is 14.0. The molecule has 4 aliphatic heterocycles. The van der Waals surface area contributed by atoms with Gasteiger partial charge in [-0.1, -0.05) is 420 Å². The van der Waals surface area contributed by atoms with Crippen LogP contribution >= 0.6 is 24.0 Å². The van der Waals surface area contributed by atoms with E-state index in [4.69, 9.17) is 63.3 Å². The van der Waals surface area contributed by atoms with Crippen molar-refractivity contribution in [1.82, 2.24) is 36.0 Å². The normalized spacial score (nSPS) is 15.2. The number of hydrogen-bond acceptors (Lipinski definition) is 20. The lowest BCUT2D eigenvalue weighted by Gasteiger charge is -2.37. The number of carbonyl (C=O) groups excluding carboxylic acids is 11. The maximum absolute atomic E-state index is 13.2. The Hall–Kier alpha value is -13.1. The third-order valence-corrected chi connectivity index (χ3v) is 23.8. The number of cyclic esters (lactones) is 4. The van der Waals surface area contributed by atoms with Crippen molar-refractivity contribution in [1.29, 1.82) is 0 Å². The predicted octanol–water partition coefficient (Wildman–Crippen LogP) is 22.9. The minimum Gasteiger partial charge on any atom is -0.481 e.